The van der Waals surface area contributed by atoms with E-state index >= 15 is 0 Å². The van der Waals surface area contributed by atoms with Gasteiger partial charge in [-0.25, -0.2) is 8.78 Å². The van der Waals surface area contributed by atoms with Crippen LogP contribution in [-0.4, -0.2) is 29.8 Å². The number of hydrogen-bond acceptors (Lipinski definition) is 3. The molecule has 2 aliphatic rings. The number of amides is 2. The molecule has 2 amide bonds. The van der Waals surface area contributed by atoms with Gasteiger partial charge >= 0.3 is 0 Å². The maximum Gasteiger partial charge on any atom is 0.263 e. The fourth-order valence-corrected chi connectivity index (χ4v) is 4.98. The number of likely N-dealkylation sites (tertiary alicyclic amines) is 1. The van der Waals surface area contributed by atoms with Crippen molar-refractivity contribution in [2.45, 2.75) is 32.1 Å². The highest BCUT2D eigenvalue weighted by Crippen LogP contribution is 2.34. The van der Waals surface area contributed by atoms with E-state index in [4.69, 9.17) is 0 Å². The van der Waals surface area contributed by atoms with Gasteiger partial charge in [-0.15, -0.1) is 11.3 Å². The molecule has 1 fully saturated rings. The van der Waals surface area contributed by atoms with Crippen molar-refractivity contribution in [3.05, 3.63) is 51.2 Å². The van der Waals surface area contributed by atoms with Crippen LogP contribution in [0.15, 0.2) is 24.3 Å². The van der Waals surface area contributed by atoms with E-state index in [9.17, 15) is 18.4 Å². The summed E-state index contributed by atoms with van der Waals surface area (Å²) in [5.41, 5.74) is 1.16. The first kappa shape index (κ1) is 18.1. The van der Waals surface area contributed by atoms with Crippen LogP contribution in [0.25, 0.3) is 0 Å². The summed E-state index contributed by atoms with van der Waals surface area (Å²) in [5, 5.41) is 2.61. The van der Waals surface area contributed by atoms with Crippen LogP contribution >= 0.6 is 11.3 Å². The molecule has 142 valence electrons. The molecule has 1 saturated heterocycles. The van der Waals surface area contributed by atoms with Gasteiger partial charge in [-0.2, -0.15) is 0 Å². The van der Waals surface area contributed by atoms with E-state index in [0.717, 1.165) is 61.0 Å². The first-order valence-corrected chi connectivity index (χ1v) is 9.99. The maximum atomic E-state index is 13.3. The molecule has 1 aliphatic carbocycles. The van der Waals surface area contributed by atoms with Crippen molar-refractivity contribution in [3.8, 4) is 0 Å². The van der Waals surface area contributed by atoms with Gasteiger partial charge in [0, 0.05) is 35.6 Å². The Labute approximate surface area is 160 Å². The van der Waals surface area contributed by atoms with Gasteiger partial charge in [0.25, 0.3) is 5.91 Å². The Bertz CT molecular complexity index is 870. The predicted octanol–water partition coefficient (Wildman–Crippen LogP) is 4.01. The van der Waals surface area contributed by atoms with Gasteiger partial charge in [0.2, 0.25) is 5.91 Å². The van der Waals surface area contributed by atoms with E-state index in [1.54, 1.807) is 0 Å². The second-order valence-electron chi connectivity index (χ2n) is 7.15. The molecule has 2 heterocycles. The Hall–Kier alpha value is -2.28. The Balaban J connectivity index is 1.44. The van der Waals surface area contributed by atoms with Gasteiger partial charge < -0.3 is 10.2 Å². The number of halogens is 2. The van der Waals surface area contributed by atoms with Crippen molar-refractivity contribution in [1.29, 1.82) is 0 Å². The van der Waals surface area contributed by atoms with Crippen molar-refractivity contribution in [2.24, 2.45) is 5.92 Å². The van der Waals surface area contributed by atoms with E-state index in [-0.39, 0.29) is 23.4 Å². The number of thiophene rings is 1. The summed E-state index contributed by atoms with van der Waals surface area (Å²) in [6.07, 6.45) is 4.06. The molecule has 4 rings (SSSR count). The number of carbonyl (C=O) groups excluding carboxylic acids is 2. The summed E-state index contributed by atoms with van der Waals surface area (Å²) >= 11 is 1.53. The normalized spacial score (nSPS) is 19.0. The second-order valence-corrected chi connectivity index (χ2v) is 8.28. The molecule has 2 aromatic rings. The largest absolute Gasteiger partial charge is 0.338 e. The van der Waals surface area contributed by atoms with Crippen molar-refractivity contribution in [1.82, 2.24) is 4.90 Å². The molecule has 1 atom stereocenters. The summed E-state index contributed by atoms with van der Waals surface area (Å²) in [5.74, 6) is -1.88. The fourth-order valence-electron chi connectivity index (χ4n) is 3.80. The number of aryl methyl sites for hydroxylation is 1. The molecular formula is C20H20F2N2O2S. The summed E-state index contributed by atoms with van der Waals surface area (Å²) in [6, 6.07) is 4.90. The molecule has 1 aromatic carbocycles. The number of anilines is 1. The Morgan fingerprint density at radius 2 is 1.78 bits per heavy atom. The van der Waals surface area contributed by atoms with Gasteiger partial charge in [0.1, 0.15) is 11.6 Å². The number of nitrogens with one attached hydrogen (secondary N) is 1. The molecular weight excluding hydrogens is 370 g/mol. The first-order chi connectivity index (χ1) is 13.0. The molecule has 1 N–H and O–H groups in total. The third kappa shape index (κ3) is 3.88. The van der Waals surface area contributed by atoms with E-state index in [1.165, 1.54) is 16.2 Å². The van der Waals surface area contributed by atoms with Crippen LogP contribution in [0.3, 0.4) is 0 Å². The lowest BCUT2D eigenvalue weighted by molar-refractivity contribution is -0.120. The van der Waals surface area contributed by atoms with E-state index in [1.807, 2.05) is 11.0 Å². The monoisotopic (exact) mass is 390 g/mol. The molecule has 1 aromatic heterocycles. The second kappa shape index (κ2) is 7.38. The number of fused-ring (bicyclic) bond motifs is 1. The molecule has 0 radical (unpaired) electrons. The first-order valence-electron chi connectivity index (χ1n) is 9.17. The highest BCUT2D eigenvalue weighted by molar-refractivity contribution is 7.14. The highest BCUT2D eigenvalue weighted by atomic mass is 32.1. The minimum absolute atomic E-state index is 0.0862. The topological polar surface area (TPSA) is 49.4 Å². The van der Waals surface area contributed by atoms with Crippen LogP contribution in [0.4, 0.5) is 14.5 Å². The number of carbonyl (C=O) groups is 2. The van der Waals surface area contributed by atoms with E-state index < -0.39 is 11.6 Å². The summed E-state index contributed by atoms with van der Waals surface area (Å²) < 4.78 is 26.6. The maximum absolute atomic E-state index is 13.3. The van der Waals surface area contributed by atoms with Crippen LogP contribution in [0.2, 0.25) is 0 Å². The molecule has 4 nitrogen and oxygen atoms in total. The lowest BCUT2D eigenvalue weighted by Gasteiger charge is -2.21. The van der Waals surface area contributed by atoms with E-state index in [2.05, 4.69) is 5.32 Å². The van der Waals surface area contributed by atoms with Crippen LogP contribution < -0.4 is 5.32 Å². The summed E-state index contributed by atoms with van der Waals surface area (Å²) in [7, 11) is 0. The number of rotatable bonds is 3. The highest BCUT2D eigenvalue weighted by Gasteiger charge is 2.29. The molecule has 0 spiro atoms. The standard InChI is InChI=1S/C20H20F2N2O2S/c21-14-9-15(22)11-16(10-14)23-19(25)12-3-4-17-13(7-12)8-18(27-17)20(26)24-5-1-2-6-24/h8-12H,1-7H2,(H,23,25)/t12-/m1/s1. The lowest BCUT2D eigenvalue weighted by atomic mass is 9.87. The number of benzene rings is 1. The minimum Gasteiger partial charge on any atom is -0.338 e. The van der Waals surface area contributed by atoms with Crippen LogP contribution in [0, 0.1) is 17.6 Å². The molecule has 7 heteroatoms. The third-order valence-corrected chi connectivity index (χ3v) is 6.41. The van der Waals surface area contributed by atoms with Crippen molar-refractivity contribution in [2.75, 3.05) is 18.4 Å². The van der Waals surface area contributed by atoms with Crippen molar-refractivity contribution in [3.63, 3.8) is 0 Å². The van der Waals surface area contributed by atoms with Crippen molar-refractivity contribution >= 4 is 28.8 Å². The molecule has 0 saturated carbocycles. The van der Waals surface area contributed by atoms with Gasteiger partial charge in [0.15, 0.2) is 0 Å². The van der Waals surface area contributed by atoms with Gasteiger partial charge in [-0.05, 0) is 55.9 Å². The Kier molecular flexibility index (Phi) is 4.95. The lowest BCUT2D eigenvalue weighted by Crippen LogP contribution is -2.27. The summed E-state index contributed by atoms with van der Waals surface area (Å²) in [6.45, 7) is 1.63. The fraction of sp³-hybridized carbons (Fsp3) is 0.400. The molecule has 0 unspecified atom stereocenters. The smallest absolute Gasteiger partial charge is 0.263 e. The zero-order valence-electron chi connectivity index (χ0n) is 14.8. The minimum atomic E-state index is -0.723. The van der Waals surface area contributed by atoms with Crippen molar-refractivity contribution < 1.29 is 18.4 Å². The van der Waals surface area contributed by atoms with Crippen LogP contribution in [-0.2, 0) is 17.6 Å². The molecule has 27 heavy (non-hydrogen) atoms. The molecule has 0 bridgehead atoms. The Morgan fingerprint density at radius 1 is 1.07 bits per heavy atom. The van der Waals surface area contributed by atoms with Crippen LogP contribution in [0.1, 0.15) is 39.4 Å². The Morgan fingerprint density at radius 3 is 2.48 bits per heavy atom. The average Bonchev–Trinajstić information content (AvgIpc) is 3.29. The zero-order chi connectivity index (χ0) is 19.0. The quantitative estimate of drug-likeness (QED) is 0.861. The third-order valence-electron chi connectivity index (χ3n) is 5.19. The van der Waals surface area contributed by atoms with E-state index in [0.29, 0.717) is 12.8 Å². The molecule has 1 aliphatic heterocycles. The van der Waals surface area contributed by atoms with Gasteiger partial charge in [-0.3, -0.25) is 9.59 Å². The number of hydrogen-bond donors (Lipinski definition) is 1. The van der Waals surface area contributed by atoms with Crippen LogP contribution in [0.5, 0.6) is 0 Å². The SMILES string of the molecule is O=C(Nc1cc(F)cc(F)c1)[C@@H]1CCc2sc(C(=O)N3CCCC3)cc2C1. The number of nitrogens with zero attached hydrogens (tertiary/aromatic N) is 1. The predicted molar refractivity (Wildman–Crippen MR) is 100.0 cm³/mol. The zero-order valence-corrected chi connectivity index (χ0v) is 15.6. The summed E-state index contributed by atoms with van der Waals surface area (Å²) in [4.78, 5) is 28.9. The average molecular weight is 390 g/mol. The van der Waals surface area contributed by atoms with Gasteiger partial charge in [-0.1, -0.05) is 0 Å². The van der Waals surface area contributed by atoms with Gasteiger partial charge in [0.05, 0.1) is 4.88 Å².